The van der Waals surface area contributed by atoms with Crippen molar-refractivity contribution in [1.29, 1.82) is 0 Å². The number of urea groups is 1. The lowest BCUT2D eigenvalue weighted by Gasteiger charge is -2.36. The number of carbonyl (C=O) groups excluding carboxylic acids is 1. The Bertz CT molecular complexity index is 577. The highest BCUT2D eigenvalue weighted by Crippen LogP contribution is 2.25. The SMILES string of the molecule is O=C(O)CCNC(=O)NCCCN1CCN(c2ccccc2Cl)CC1. The van der Waals surface area contributed by atoms with Gasteiger partial charge < -0.3 is 20.6 Å². The summed E-state index contributed by atoms with van der Waals surface area (Å²) in [6.07, 6.45) is 0.793. The molecule has 1 heterocycles. The van der Waals surface area contributed by atoms with E-state index in [4.69, 9.17) is 16.7 Å². The number of hydrogen-bond donors (Lipinski definition) is 3. The third-order valence-corrected chi connectivity index (χ3v) is 4.45. The first-order chi connectivity index (χ1) is 12.1. The van der Waals surface area contributed by atoms with Crippen molar-refractivity contribution in [3.05, 3.63) is 29.3 Å². The molecule has 0 spiro atoms. The molecule has 1 fully saturated rings. The maximum Gasteiger partial charge on any atom is 0.314 e. The molecule has 0 saturated carbocycles. The number of para-hydroxylation sites is 1. The predicted molar refractivity (Wildman–Crippen MR) is 98.4 cm³/mol. The number of anilines is 1. The van der Waals surface area contributed by atoms with Gasteiger partial charge in [0.25, 0.3) is 0 Å². The van der Waals surface area contributed by atoms with Gasteiger partial charge >= 0.3 is 12.0 Å². The number of aliphatic carboxylic acids is 1. The standard InChI is InChI=1S/C17H25ClN4O3/c18-14-4-1-2-5-15(14)22-12-10-21(11-13-22)9-3-7-19-17(25)20-8-6-16(23)24/h1-2,4-5H,3,6-13H2,(H,23,24)(H2,19,20,25). The zero-order valence-corrected chi connectivity index (χ0v) is 15.0. The lowest BCUT2D eigenvalue weighted by atomic mass is 10.2. The second-order valence-corrected chi connectivity index (χ2v) is 6.37. The van der Waals surface area contributed by atoms with Crippen LogP contribution in [0.25, 0.3) is 0 Å². The van der Waals surface area contributed by atoms with Crippen molar-refractivity contribution in [2.45, 2.75) is 12.8 Å². The molecule has 1 aromatic carbocycles. The summed E-state index contributed by atoms with van der Waals surface area (Å²) in [6.45, 7) is 5.45. The van der Waals surface area contributed by atoms with Crippen molar-refractivity contribution in [3.63, 3.8) is 0 Å². The van der Waals surface area contributed by atoms with Gasteiger partial charge in [0, 0.05) is 39.3 Å². The first-order valence-corrected chi connectivity index (χ1v) is 8.89. The summed E-state index contributed by atoms with van der Waals surface area (Å²) in [7, 11) is 0. The number of carboxylic acid groups (broad SMARTS) is 1. The predicted octanol–water partition coefficient (Wildman–Crippen LogP) is 1.63. The molecule has 1 aliphatic heterocycles. The third kappa shape index (κ3) is 6.80. The van der Waals surface area contributed by atoms with Crippen LogP contribution in [0.1, 0.15) is 12.8 Å². The van der Waals surface area contributed by atoms with Crippen LogP contribution < -0.4 is 15.5 Å². The van der Waals surface area contributed by atoms with Crippen molar-refractivity contribution in [2.24, 2.45) is 0 Å². The molecule has 0 radical (unpaired) electrons. The summed E-state index contributed by atoms with van der Waals surface area (Å²) < 4.78 is 0. The Labute approximate surface area is 152 Å². The topological polar surface area (TPSA) is 84.9 Å². The minimum atomic E-state index is -0.920. The molecule has 1 aromatic rings. The first-order valence-electron chi connectivity index (χ1n) is 8.51. The minimum Gasteiger partial charge on any atom is -0.481 e. The fourth-order valence-corrected chi connectivity index (χ4v) is 3.03. The summed E-state index contributed by atoms with van der Waals surface area (Å²) in [5.74, 6) is -0.920. The molecule has 8 heteroatoms. The van der Waals surface area contributed by atoms with Crippen LogP contribution in [-0.4, -0.2) is 67.8 Å². The average molecular weight is 369 g/mol. The highest BCUT2D eigenvalue weighted by molar-refractivity contribution is 6.33. The van der Waals surface area contributed by atoms with Crippen molar-refractivity contribution in [1.82, 2.24) is 15.5 Å². The highest BCUT2D eigenvalue weighted by atomic mass is 35.5. The van der Waals surface area contributed by atoms with Crippen LogP contribution in [0.15, 0.2) is 24.3 Å². The van der Waals surface area contributed by atoms with Crippen LogP contribution in [0, 0.1) is 0 Å². The molecular formula is C17H25ClN4O3. The fourth-order valence-electron chi connectivity index (χ4n) is 2.77. The molecule has 0 unspecified atom stereocenters. The zero-order valence-electron chi connectivity index (χ0n) is 14.2. The number of nitrogens with one attached hydrogen (secondary N) is 2. The molecule has 25 heavy (non-hydrogen) atoms. The van der Waals surface area contributed by atoms with Gasteiger partial charge in [-0.05, 0) is 25.1 Å². The monoisotopic (exact) mass is 368 g/mol. The van der Waals surface area contributed by atoms with Crippen molar-refractivity contribution in [3.8, 4) is 0 Å². The molecule has 1 aliphatic rings. The van der Waals surface area contributed by atoms with Gasteiger partial charge in [0.05, 0.1) is 17.1 Å². The van der Waals surface area contributed by atoms with Gasteiger partial charge in [-0.25, -0.2) is 4.79 Å². The Balaban J connectivity index is 1.57. The van der Waals surface area contributed by atoms with Crippen LogP contribution in [0.4, 0.5) is 10.5 Å². The van der Waals surface area contributed by atoms with E-state index in [1.54, 1.807) is 0 Å². The molecular weight excluding hydrogens is 344 g/mol. The van der Waals surface area contributed by atoms with Crippen LogP contribution in [0.3, 0.4) is 0 Å². The molecule has 0 aliphatic carbocycles. The van der Waals surface area contributed by atoms with E-state index < -0.39 is 5.97 Å². The number of amides is 2. The van der Waals surface area contributed by atoms with Gasteiger partial charge in [-0.3, -0.25) is 9.69 Å². The smallest absolute Gasteiger partial charge is 0.314 e. The van der Waals surface area contributed by atoms with Crippen LogP contribution >= 0.6 is 11.6 Å². The second kappa shape index (κ2) is 10.1. The molecule has 0 aromatic heterocycles. The lowest BCUT2D eigenvalue weighted by Crippen LogP contribution is -2.47. The largest absolute Gasteiger partial charge is 0.481 e. The van der Waals surface area contributed by atoms with Gasteiger partial charge in [-0.15, -0.1) is 0 Å². The number of halogens is 1. The van der Waals surface area contributed by atoms with Gasteiger partial charge in [-0.2, -0.15) is 0 Å². The molecule has 0 bridgehead atoms. The van der Waals surface area contributed by atoms with Crippen molar-refractivity contribution in [2.75, 3.05) is 50.7 Å². The fraction of sp³-hybridized carbons (Fsp3) is 0.529. The summed E-state index contributed by atoms with van der Waals surface area (Å²) in [5.41, 5.74) is 1.09. The van der Waals surface area contributed by atoms with Gasteiger partial charge in [0.2, 0.25) is 0 Å². The molecule has 1 saturated heterocycles. The van der Waals surface area contributed by atoms with Gasteiger partial charge in [0.1, 0.15) is 0 Å². The van der Waals surface area contributed by atoms with E-state index in [0.717, 1.165) is 49.9 Å². The summed E-state index contributed by atoms with van der Waals surface area (Å²) in [5, 5.41) is 14.5. The Morgan fingerprint density at radius 3 is 2.44 bits per heavy atom. The highest BCUT2D eigenvalue weighted by Gasteiger charge is 2.18. The van der Waals surface area contributed by atoms with Gasteiger partial charge in [-0.1, -0.05) is 23.7 Å². The first kappa shape index (κ1) is 19.3. The van der Waals surface area contributed by atoms with Crippen molar-refractivity contribution < 1.29 is 14.7 Å². The lowest BCUT2D eigenvalue weighted by molar-refractivity contribution is -0.136. The maximum absolute atomic E-state index is 11.5. The van der Waals surface area contributed by atoms with E-state index in [0.29, 0.717) is 6.54 Å². The number of nitrogens with zero attached hydrogens (tertiary/aromatic N) is 2. The number of carbonyl (C=O) groups is 2. The Morgan fingerprint density at radius 1 is 1.08 bits per heavy atom. The number of carboxylic acids is 1. The Hall–Kier alpha value is -1.99. The molecule has 3 N–H and O–H groups in total. The zero-order chi connectivity index (χ0) is 18.1. The number of rotatable bonds is 8. The van der Waals surface area contributed by atoms with Crippen LogP contribution in [0.2, 0.25) is 5.02 Å². The summed E-state index contributed by atoms with van der Waals surface area (Å²) >= 11 is 6.25. The molecule has 2 amide bonds. The molecule has 0 atom stereocenters. The number of piperazine rings is 1. The molecule has 138 valence electrons. The Kier molecular flexibility index (Phi) is 7.81. The van der Waals surface area contributed by atoms with Crippen molar-refractivity contribution >= 4 is 29.3 Å². The van der Waals surface area contributed by atoms with E-state index in [1.165, 1.54) is 0 Å². The molecule has 7 nitrogen and oxygen atoms in total. The average Bonchev–Trinajstić information content (AvgIpc) is 2.59. The summed E-state index contributed by atoms with van der Waals surface area (Å²) in [4.78, 5) is 26.5. The van der Waals surface area contributed by atoms with E-state index in [1.807, 2.05) is 24.3 Å². The van der Waals surface area contributed by atoms with Crippen LogP contribution in [0.5, 0.6) is 0 Å². The molecule has 2 rings (SSSR count). The van der Waals surface area contributed by atoms with E-state index in [2.05, 4.69) is 20.4 Å². The normalized spacial score (nSPS) is 15.0. The van der Waals surface area contributed by atoms with E-state index in [9.17, 15) is 9.59 Å². The minimum absolute atomic E-state index is 0.0663. The maximum atomic E-state index is 11.5. The third-order valence-electron chi connectivity index (χ3n) is 4.13. The Morgan fingerprint density at radius 2 is 1.76 bits per heavy atom. The number of benzene rings is 1. The van der Waals surface area contributed by atoms with Crippen LogP contribution in [-0.2, 0) is 4.79 Å². The quantitative estimate of drug-likeness (QED) is 0.607. The summed E-state index contributed by atoms with van der Waals surface area (Å²) in [6, 6.07) is 7.58. The van der Waals surface area contributed by atoms with E-state index in [-0.39, 0.29) is 19.0 Å². The van der Waals surface area contributed by atoms with Gasteiger partial charge in [0.15, 0.2) is 0 Å². The number of hydrogen-bond acceptors (Lipinski definition) is 4. The second-order valence-electron chi connectivity index (χ2n) is 5.96. The van der Waals surface area contributed by atoms with E-state index >= 15 is 0 Å².